The van der Waals surface area contributed by atoms with Crippen LogP contribution in [0.25, 0.3) is 0 Å². The molecular formula is C68H139N2O6P. The summed E-state index contributed by atoms with van der Waals surface area (Å²) in [7, 11) is 1.33. The van der Waals surface area contributed by atoms with E-state index in [-0.39, 0.29) is 19.1 Å². The first-order chi connectivity index (χ1) is 37.5. The summed E-state index contributed by atoms with van der Waals surface area (Å²) in [4.78, 5) is 25.7. The third-order valence-corrected chi connectivity index (χ3v) is 17.6. The average molecular weight is 1110 g/mol. The van der Waals surface area contributed by atoms with Gasteiger partial charge in [0.05, 0.1) is 39.9 Å². The van der Waals surface area contributed by atoms with E-state index in [9.17, 15) is 19.4 Å². The zero-order valence-electron chi connectivity index (χ0n) is 53.0. The van der Waals surface area contributed by atoms with Crippen molar-refractivity contribution < 1.29 is 32.9 Å². The molecule has 9 heteroatoms. The third kappa shape index (κ3) is 62.9. The van der Waals surface area contributed by atoms with Gasteiger partial charge in [-0.2, -0.15) is 0 Å². The number of carbonyl (C=O) groups excluding carboxylic acids is 1. The standard InChI is InChI=1S/C68H139N2O6P/c1-6-8-10-12-14-16-18-20-22-24-26-28-30-32-33-34-35-36-37-38-40-42-44-46-48-50-52-54-56-58-60-62-68(72)69-66(65-76-77(73,74)75-64-63-70(3,4)5)67(71)61-59-57-55-53-51-49-47-45-43-41-39-31-29-27-25-23-21-19-17-15-13-11-9-7-2/h66-67,71H,6-65H2,1-5H3,(H-,69,72,73,74). The number of likely N-dealkylation sites (N-methyl/N-ethyl adjacent to an activating group) is 1. The minimum absolute atomic E-state index is 0.0170. The molecule has 0 aliphatic carbocycles. The van der Waals surface area contributed by atoms with E-state index in [1.54, 1.807) is 0 Å². The van der Waals surface area contributed by atoms with Crippen LogP contribution in [-0.4, -0.2) is 68.5 Å². The first kappa shape index (κ1) is 76.5. The van der Waals surface area contributed by atoms with Gasteiger partial charge in [0.1, 0.15) is 13.2 Å². The number of phosphoric ester groups is 1. The molecule has 0 aromatic heterocycles. The maximum atomic E-state index is 13.1. The monoisotopic (exact) mass is 1110 g/mol. The van der Waals surface area contributed by atoms with Crippen molar-refractivity contribution in [3.05, 3.63) is 0 Å². The number of hydrogen-bond acceptors (Lipinski definition) is 6. The summed E-state index contributed by atoms with van der Waals surface area (Å²) in [6.45, 7) is 4.80. The van der Waals surface area contributed by atoms with E-state index in [1.807, 2.05) is 21.1 Å². The predicted molar refractivity (Wildman–Crippen MR) is 335 cm³/mol. The van der Waals surface area contributed by atoms with E-state index < -0.39 is 20.0 Å². The molecule has 0 rings (SSSR count). The van der Waals surface area contributed by atoms with Crippen LogP contribution in [0, 0.1) is 0 Å². The molecule has 462 valence electrons. The highest BCUT2D eigenvalue weighted by Crippen LogP contribution is 2.38. The highest BCUT2D eigenvalue weighted by Gasteiger charge is 2.24. The van der Waals surface area contributed by atoms with Crippen molar-refractivity contribution in [2.75, 3.05) is 40.9 Å². The largest absolute Gasteiger partial charge is 0.756 e. The van der Waals surface area contributed by atoms with Crippen molar-refractivity contribution in [2.45, 2.75) is 392 Å². The zero-order valence-corrected chi connectivity index (χ0v) is 53.9. The van der Waals surface area contributed by atoms with Gasteiger partial charge in [-0.25, -0.2) is 0 Å². The van der Waals surface area contributed by atoms with Crippen LogP contribution in [0.2, 0.25) is 0 Å². The number of hydrogen-bond donors (Lipinski definition) is 2. The summed E-state index contributed by atoms with van der Waals surface area (Å²) in [6.07, 6.45) is 74.7. The fraction of sp³-hybridized carbons (Fsp3) is 0.985. The molecule has 0 spiro atoms. The Morgan fingerprint density at radius 3 is 0.883 bits per heavy atom. The number of carbonyl (C=O) groups is 1. The first-order valence-corrected chi connectivity index (χ1v) is 36.3. The molecule has 3 atom stereocenters. The van der Waals surface area contributed by atoms with Crippen LogP contribution in [-0.2, 0) is 18.4 Å². The molecule has 0 radical (unpaired) electrons. The van der Waals surface area contributed by atoms with Gasteiger partial charge >= 0.3 is 0 Å². The van der Waals surface area contributed by atoms with Crippen LogP contribution in [0.1, 0.15) is 380 Å². The first-order valence-electron chi connectivity index (χ1n) is 34.9. The topological polar surface area (TPSA) is 108 Å². The summed E-state index contributed by atoms with van der Waals surface area (Å²) in [6, 6.07) is -0.797. The van der Waals surface area contributed by atoms with Gasteiger partial charge in [-0.3, -0.25) is 9.36 Å². The quantitative estimate of drug-likeness (QED) is 0.0357. The number of aliphatic hydroxyl groups excluding tert-OH is 1. The Balaban J connectivity index is 3.97. The molecule has 8 nitrogen and oxygen atoms in total. The molecule has 0 saturated heterocycles. The van der Waals surface area contributed by atoms with E-state index in [1.165, 1.54) is 315 Å². The number of quaternary nitrogens is 1. The minimum Gasteiger partial charge on any atom is -0.756 e. The molecular weight excluding hydrogens is 972 g/mol. The second-order valence-electron chi connectivity index (χ2n) is 25.6. The Morgan fingerprint density at radius 1 is 0.403 bits per heavy atom. The molecule has 0 bridgehead atoms. The number of aliphatic hydroxyl groups is 1. The van der Waals surface area contributed by atoms with Crippen LogP contribution in [0.3, 0.4) is 0 Å². The van der Waals surface area contributed by atoms with Crippen LogP contribution in [0.5, 0.6) is 0 Å². The lowest BCUT2D eigenvalue weighted by atomic mass is 10.0. The second-order valence-corrected chi connectivity index (χ2v) is 27.0. The Kier molecular flexibility index (Phi) is 59.7. The van der Waals surface area contributed by atoms with E-state index in [2.05, 4.69) is 19.2 Å². The SMILES string of the molecule is CCCCCCCCCCCCCCCCCCCCCCCCCCCCCCCCCC(=O)NC(COP(=O)([O-])OCC[N+](C)(C)C)C(O)CCCCCCCCCCCCCCCCCCCCCCCCCC. The molecule has 0 aliphatic rings. The Labute approximate surface area is 482 Å². The lowest BCUT2D eigenvalue weighted by Crippen LogP contribution is -2.46. The molecule has 77 heavy (non-hydrogen) atoms. The van der Waals surface area contributed by atoms with Gasteiger partial charge in [0.2, 0.25) is 5.91 Å². The number of nitrogens with zero attached hydrogens (tertiary/aromatic N) is 1. The zero-order chi connectivity index (χ0) is 56.3. The van der Waals surface area contributed by atoms with Gasteiger partial charge in [0.25, 0.3) is 7.82 Å². The fourth-order valence-electron chi connectivity index (χ4n) is 11.2. The third-order valence-electron chi connectivity index (χ3n) is 16.6. The minimum atomic E-state index is -4.57. The van der Waals surface area contributed by atoms with E-state index in [0.29, 0.717) is 23.9 Å². The van der Waals surface area contributed by atoms with Crippen LogP contribution < -0.4 is 10.2 Å². The second kappa shape index (κ2) is 60.1. The smallest absolute Gasteiger partial charge is 0.268 e. The number of amides is 1. The van der Waals surface area contributed by atoms with Crippen LogP contribution >= 0.6 is 7.82 Å². The van der Waals surface area contributed by atoms with Gasteiger partial charge in [0.15, 0.2) is 0 Å². The summed E-state index contributed by atoms with van der Waals surface area (Å²) in [5.41, 5.74) is 0. The normalized spacial score (nSPS) is 13.6. The van der Waals surface area contributed by atoms with Crippen molar-refractivity contribution in [1.82, 2.24) is 5.32 Å². The van der Waals surface area contributed by atoms with Gasteiger partial charge < -0.3 is 28.8 Å². The van der Waals surface area contributed by atoms with Crippen molar-refractivity contribution in [3.63, 3.8) is 0 Å². The summed E-state index contributed by atoms with van der Waals surface area (Å²) < 4.78 is 23.5. The van der Waals surface area contributed by atoms with Gasteiger partial charge in [0, 0.05) is 6.42 Å². The summed E-state index contributed by atoms with van der Waals surface area (Å²) in [5, 5.41) is 14.1. The fourth-order valence-corrected chi connectivity index (χ4v) is 11.9. The van der Waals surface area contributed by atoms with Gasteiger partial charge in [-0.15, -0.1) is 0 Å². The van der Waals surface area contributed by atoms with Gasteiger partial charge in [-0.05, 0) is 12.8 Å². The molecule has 0 heterocycles. The van der Waals surface area contributed by atoms with E-state index in [4.69, 9.17) is 9.05 Å². The molecule has 3 unspecified atom stereocenters. The average Bonchev–Trinajstić information content (AvgIpc) is 3.39. The molecule has 0 aromatic carbocycles. The molecule has 0 fully saturated rings. The molecule has 1 amide bonds. The number of nitrogens with one attached hydrogen (secondary N) is 1. The van der Waals surface area contributed by atoms with E-state index >= 15 is 0 Å². The predicted octanol–water partition coefficient (Wildman–Crippen LogP) is 21.3. The Morgan fingerprint density at radius 2 is 0.636 bits per heavy atom. The Bertz CT molecular complexity index is 1220. The lowest BCUT2D eigenvalue weighted by Gasteiger charge is -2.30. The molecule has 2 N–H and O–H groups in total. The summed E-state index contributed by atoms with van der Waals surface area (Å²) in [5.74, 6) is -0.153. The summed E-state index contributed by atoms with van der Waals surface area (Å²) >= 11 is 0. The van der Waals surface area contributed by atoms with Crippen LogP contribution in [0.15, 0.2) is 0 Å². The number of phosphoric acid groups is 1. The highest BCUT2D eigenvalue weighted by atomic mass is 31.2. The maximum absolute atomic E-state index is 13.1. The maximum Gasteiger partial charge on any atom is 0.268 e. The van der Waals surface area contributed by atoms with Crippen molar-refractivity contribution >= 4 is 13.7 Å². The van der Waals surface area contributed by atoms with Crippen molar-refractivity contribution in [2.24, 2.45) is 0 Å². The van der Waals surface area contributed by atoms with Gasteiger partial charge in [-0.1, -0.05) is 361 Å². The molecule has 0 aromatic rings. The number of unbranched alkanes of at least 4 members (excludes halogenated alkanes) is 53. The van der Waals surface area contributed by atoms with Crippen molar-refractivity contribution in [1.29, 1.82) is 0 Å². The van der Waals surface area contributed by atoms with Crippen LogP contribution in [0.4, 0.5) is 0 Å². The highest BCUT2D eigenvalue weighted by molar-refractivity contribution is 7.45. The lowest BCUT2D eigenvalue weighted by molar-refractivity contribution is -0.870. The molecule has 0 aliphatic heterocycles. The van der Waals surface area contributed by atoms with Crippen molar-refractivity contribution in [3.8, 4) is 0 Å². The molecule has 0 saturated carbocycles. The van der Waals surface area contributed by atoms with E-state index in [0.717, 1.165) is 38.5 Å². The number of rotatable bonds is 66. The Hall–Kier alpha value is -0.500.